The number of anilines is 1. The van der Waals surface area contributed by atoms with Crippen LogP contribution in [-0.4, -0.2) is 63.8 Å². The van der Waals surface area contributed by atoms with Gasteiger partial charge in [-0.25, -0.2) is 4.98 Å². The van der Waals surface area contributed by atoms with Crippen molar-refractivity contribution in [3.63, 3.8) is 0 Å². The van der Waals surface area contributed by atoms with Crippen molar-refractivity contribution in [2.45, 2.75) is 32.9 Å². The number of hydrogen-bond donors (Lipinski definition) is 0. The second kappa shape index (κ2) is 7.73. The van der Waals surface area contributed by atoms with E-state index < -0.39 is 0 Å². The second-order valence-electron chi connectivity index (χ2n) is 6.88. The van der Waals surface area contributed by atoms with Gasteiger partial charge in [-0.15, -0.1) is 10.2 Å². The van der Waals surface area contributed by atoms with E-state index in [-0.39, 0.29) is 24.1 Å². The molecule has 2 aromatic heterocycles. The van der Waals surface area contributed by atoms with Gasteiger partial charge < -0.3 is 14.5 Å². The Balaban J connectivity index is 1.58. The molecule has 0 saturated carbocycles. The van der Waals surface area contributed by atoms with Crippen molar-refractivity contribution in [2.24, 2.45) is 0 Å². The number of rotatable bonds is 5. The molecule has 1 saturated heterocycles. The van der Waals surface area contributed by atoms with E-state index >= 15 is 0 Å². The minimum Gasteiger partial charge on any atom is -0.471 e. The SMILES string of the molecule is Cc1ncn(CC(=O)N2CC[C@H](Oc3ccc(N(C)C)nn3)C2)c(=O)c1C. The number of hydrogen-bond acceptors (Lipinski definition) is 7. The molecule has 0 spiro atoms. The van der Waals surface area contributed by atoms with Gasteiger partial charge in [0.05, 0.1) is 12.9 Å². The highest BCUT2D eigenvalue weighted by atomic mass is 16.5. The van der Waals surface area contributed by atoms with Gasteiger partial charge in [-0.1, -0.05) is 0 Å². The third kappa shape index (κ3) is 4.24. The lowest BCUT2D eigenvalue weighted by molar-refractivity contribution is -0.131. The highest BCUT2D eigenvalue weighted by molar-refractivity contribution is 5.76. The van der Waals surface area contributed by atoms with Gasteiger partial charge in [-0.3, -0.25) is 14.2 Å². The van der Waals surface area contributed by atoms with E-state index in [9.17, 15) is 9.59 Å². The normalized spacial score (nSPS) is 16.4. The van der Waals surface area contributed by atoms with Gasteiger partial charge in [0.2, 0.25) is 11.8 Å². The van der Waals surface area contributed by atoms with Crippen molar-refractivity contribution in [3.8, 4) is 5.88 Å². The Labute approximate surface area is 157 Å². The molecule has 0 unspecified atom stereocenters. The third-order valence-corrected chi connectivity index (χ3v) is 4.69. The molecule has 27 heavy (non-hydrogen) atoms. The Bertz CT molecular complexity index is 878. The molecule has 144 valence electrons. The summed E-state index contributed by atoms with van der Waals surface area (Å²) >= 11 is 0. The fraction of sp³-hybridized carbons (Fsp3) is 0.500. The minimum atomic E-state index is -0.181. The highest BCUT2D eigenvalue weighted by Gasteiger charge is 2.28. The van der Waals surface area contributed by atoms with Crippen molar-refractivity contribution < 1.29 is 9.53 Å². The first-order valence-corrected chi connectivity index (χ1v) is 8.83. The van der Waals surface area contributed by atoms with Gasteiger partial charge in [0.15, 0.2) is 5.82 Å². The van der Waals surface area contributed by atoms with E-state index in [2.05, 4.69) is 15.2 Å². The molecule has 3 heterocycles. The summed E-state index contributed by atoms with van der Waals surface area (Å²) in [5, 5.41) is 8.14. The summed E-state index contributed by atoms with van der Waals surface area (Å²) in [7, 11) is 3.78. The van der Waals surface area contributed by atoms with Crippen molar-refractivity contribution >= 4 is 11.7 Å². The Hall–Kier alpha value is -2.97. The average Bonchev–Trinajstić information content (AvgIpc) is 3.11. The molecule has 1 aliphatic rings. The maximum Gasteiger partial charge on any atom is 0.256 e. The summed E-state index contributed by atoms with van der Waals surface area (Å²) in [5.74, 6) is 1.06. The van der Waals surface area contributed by atoms with Gasteiger partial charge >= 0.3 is 0 Å². The van der Waals surface area contributed by atoms with E-state index in [1.54, 1.807) is 24.8 Å². The quantitative estimate of drug-likeness (QED) is 0.750. The molecule has 1 fully saturated rings. The van der Waals surface area contributed by atoms with Gasteiger partial charge in [-0.2, -0.15) is 0 Å². The third-order valence-electron chi connectivity index (χ3n) is 4.69. The summed E-state index contributed by atoms with van der Waals surface area (Å²) in [6.45, 7) is 4.52. The summed E-state index contributed by atoms with van der Waals surface area (Å²) < 4.78 is 7.18. The van der Waals surface area contributed by atoms with Crippen LogP contribution in [0.4, 0.5) is 5.82 Å². The maximum atomic E-state index is 12.5. The van der Waals surface area contributed by atoms with Gasteiger partial charge in [0.25, 0.3) is 5.56 Å². The molecular formula is C18H24N6O3. The summed E-state index contributed by atoms with van der Waals surface area (Å²) in [5.41, 5.74) is 1.06. The van der Waals surface area contributed by atoms with Crippen LogP contribution in [0.2, 0.25) is 0 Å². The molecule has 1 atom stereocenters. The highest BCUT2D eigenvalue weighted by Crippen LogP contribution is 2.17. The van der Waals surface area contributed by atoms with Crippen molar-refractivity contribution in [3.05, 3.63) is 40.1 Å². The average molecular weight is 372 g/mol. The number of amides is 1. The van der Waals surface area contributed by atoms with Crippen LogP contribution in [-0.2, 0) is 11.3 Å². The van der Waals surface area contributed by atoms with Gasteiger partial charge in [0, 0.05) is 44.4 Å². The van der Waals surface area contributed by atoms with Crippen LogP contribution in [0.25, 0.3) is 0 Å². The molecule has 1 amide bonds. The van der Waals surface area contributed by atoms with E-state index in [0.29, 0.717) is 36.6 Å². The maximum absolute atomic E-state index is 12.5. The number of ether oxygens (including phenoxy) is 1. The molecular weight excluding hydrogens is 348 g/mol. The number of aromatic nitrogens is 4. The molecule has 9 heteroatoms. The Morgan fingerprint density at radius 1 is 1.30 bits per heavy atom. The van der Waals surface area contributed by atoms with E-state index in [1.807, 2.05) is 25.1 Å². The van der Waals surface area contributed by atoms with E-state index in [4.69, 9.17) is 4.74 Å². The first kappa shape index (κ1) is 18.8. The summed E-state index contributed by atoms with van der Waals surface area (Å²) in [6.07, 6.45) is 2.00. The lowest BCUT2D eigenvalue weighted by atomic mass is 10.3. The van der Waals surface area contributed by atoms with Crippen LogP contribution in [0, 0.1) is 13.8 Å². The molecule has 0 radical (unpaired) electrons. The number of carbonyl (C=O) groups is 1. The molecule has 9 nitrogen and oxygen atoms in total. The molecule has 1 aliphatic heterocycles. The van der Waals surface area contributed by atoms with Gasteiger partial charge in [0.1, 0.15) is 12.6 Å². The zero-order valence-electron chi connectivity index (χ0n) is 16.0. The lowest BCUT2D eigenvalue weighted by Crippen LogP contribution is -2.37. The molecule has 0 N–H and O–H groups in total. The molecule has 3 rings (SSSR count). The minimum absolute atomic E-state index is 0.0169. The van der Waals surface area contributed by atoms with Gasteiger partial charge in [-0.05, 0) is 19.9 Å². The second-order valence-corrected chi connectivity index (χ2v) is 6.88. The number of aryl methyl sites for hydroxylation is 1. The topological polar surface area (TPSA) is 93.4 Å². The zero-order valence-corrected chi connectivity index (χ0v) is 16.0. The fourth-order valence-electron chi connectivity index (χ4n) is 2.87. The lowest BCUT2D eigenvalue weighted by Gasteiger charge is -2.18. The van der Waals surface area contributed by atoms with E-state index in [1.165, 1.54) is 10.9 Å². The van der Waals surface area contributed by atoms with Crippen molar-refractivity contribution in [1.82, 2.24) is 24.6 Å². The number of likely N-dealkylation sites (tertiary alicyclic amines) is 1. The van der Waals surface area contributed by atoms with Crippen LogP contribution in [0.5, 0.6) is 5.88 Å². The van der Waals surface area contributed by atoms with Crippen LogP contribution >= 0.6 is 0 Å². The summed E-state index contributed by atoms with van der Waals surface area (Å²) in [6, 6.07) is 3.60. The van der Waals surface area contributed by atoms with Crippen LogP contribution in [0.3, 0.4) is 0 Å². The Morgan fingerprint density at radius 2 is 2.07 bits per heavy atom. The fourth-order valence-corrected chi connectivity index (χ4v) is 2.87. The standard InChI is InChI=1S/C18H24N6O3/c1-12-13(2)19-11-24(18(12)26)10-17(25)23-8-7-14(9-23)27-16-6-5-15(20-21-16)22(3)4/h5-6,11,14H,7-10H2,1-4H3/t14-/m0/s1. The molecule has 0 aliphatic carbocycles. The van der Waals surface area contributed by atoms with E-state index in [0.717, 1.165) is 5.82 Å². The number of nitrogens with zero attached hydrogens (tertiary/aromatic N) is 6. The predicted octanol–water partition coefficient (Wildman–Crippen LogP) is 0.396. The van der Waals surface area contributed by atoms with Crippen molar-refractivity contribution in [1.29, 1.82) is 0 Å². The largest absolute Gasteiger partial charge is 0.471 e. The van der Waals surface area contributed by atoms with Crippen molar-refractivity contribution in [2.75, 3.05) is 32.1 Å². The zero-order chi connectivity index (χ0) is 19.6. The monoisotopic (exact) mass is 372 g/mol. The molecule has 0 bridgehead atoms. The molecule has 2 aromatic rings. The predicted molar refractivity (Wildman–Crippen MR) is 99.9 cm³/mol. The number of carbonyl (C=O) groups excluding carboxylic acids is 1. The Kier molecular flexibility index (Phi) is 5.38. The van der Waals surface area contributed by atoms with Crippen LogP contribution < -0.4 is 15.2 Å². The first-order valence-electron chi connectivity index (χ1n) is 8.83. The van der Waals surface area contributed by atoms with Crippen LogP contribution in [0.15, 0.2) is 23.3 Å². The first-order chi connectivity index (χ1) is 12.8. The molecule has 0 aromatic carbocycles. The Morgan fingerprint density at radius 3 is 2.74 bits per heavy atom. The van der Waals surface area contributed by atoms with Crippen LogP contribution in [0.1, 0.15) is 17.7 Å². The summed E-state index contributed by atoms with van der Waals surface area (Å²) in [4.78, 5) is 32.5. The smallest absolute Gasteiger partial charge is 0.256 e.